The van der Waals surface area contributed by atoms with Crippen LogP contribution in [0, 0.1) is 17.2 Å². The summed E-state index contributed by atoms with van der Waals surface area (Å²) in [5, 5.41) is 31.5. The zero-order chi connectivity index (χ0) is 25.7. The van der Waals surface area contributed by atoms with Gasteiger partial charge in [-0.1, -0.05) is 6.42 Å². The number of aromatic nitrogens is 4. The minimum absolute atomic E-state index is 0.0740. The number of aliphatic hydroxyl groups is 1. The van der Waals surface area contributed by atoms with Crippen LogP contribution in [0.3, 0.4) is 0 Å². The number of H-pyrrole nitrogens is 1. The maximum absolute atomic E-state index is 13.4. The molecule has 0 radical (unpaired) electrons. The summed E-state index contributed by atoms with van der Waals surface area (Å²) in [7, 11) is -1.59. The van der Waals surface area contributed by atoms with Crippen molar-refractivity contribution in [2.75, 3.05) is 30.4 Å². The summed E-state index contributed by atoms with van der Waals surface area (Å²) >= 11 is 1.53. The third-order valence-electron chi connectivity index (χ3n) is 7.73. The Morgan fingerprint density at radius 3 is 2.73 bits per heavy atom. The summed E-state index contributed by atoms with van der Waals surface area (Å²) in [6.45, 7) is 0.449. The fourth-order valence-electron chi connectivity index (χ4n) is 5.73. The molecule has 3 fully saturated rings. The number of hydrogen-bond donors (Lipinski definition) is 3. The molecule has 3 saturated heterocycles. The van der Waals surface area contributed by atoms with E-state index in [0.717, 1.165) is 29.5 Å². The summed E-state index contributed by atoms with van der Waals surface area (Å²) in [4.78, 5) is 12.6. The Bertz CT molecular complexity index is 1430. The van der Waals surface area contributed by atoms with Crippen LogP contribution in [-0.2, 0) is 16.8 Å². The third-order valence-corrected chi connectivity index (χ3v) is 10.6. The normalized spacial score (nSPS) is 25.1. The first-order valence-electron chi connectivity index (χ1n) is 12.5. The Kier molecular flexibility index (Phi) is 6.28. The lowest BCUT2D eigenvalue weighted by atomic mass is 9.83. The lowest BCUT2D eigenvalue weighted by molar-refractivity contribution is 0.0930. The van der Waals surface area contributed by atoms with Gasteiger partial charge in [0, 0.05) is 44.3 Å². The number of nitriles is 1. The minimum Gasteiger partial charge on any atom is -0.390 e. The average Bonchev–Trinajstić information content (AvgIpc) is 3.51. The van der Waals surface area contributed by atoms with Crippen LogP contribution >= 0.6 is 11.3 Å². The largest absolute Gasteiger partial charge is 0.390 e. The van der Waals surface area contributed by atoms with Gasteiger partial charge >= 0.3 is 0 Å². The van der Waals surface area contributed by atoms with Crippen LogP contribution in [0.1, 0.15) is 37.8 Å². The topological polar surface area (TPSA) is 154 Å². The quantitative estimate of drug-likeness (QED) is 0.407. The number of nitrogens with zero attached hydrogens (tertiary/aromatic N) is 7. The number of piperidine rings is 2. The van der Waals surface area contributed by atoms with Crippen LogP contribution in [0.15, 0.2) is 17.5 Å². The first-order chi connectivity index (χ1) is 17.9. The molecule has 3 aromatic rings. The summed E-state index contributed by atoms with van der Waals surface area (Å²) in [6.07, 6.45) is 4.09. The van der Waals surface area contributed by atoms with E-state index in [1.54, 1.807) is 10.4 Å². The zero-order valence-corrected chi connectivity index (χ0v) is 22.0. The van der Waals surface area contributed by atoms with Gasteiger partial charge in [0.25, 0.3) is 10.2 Å². The summed E-state index contributed by atoms with van der Waals surface area (Å²) in [5.41, 5.74) is 0.602. The predicted octanol–water partition coefficient (Wildman–Crippen LogP) is 2.17. The number of rotatable bonds is 7. The molecule has 3 aliphatic rings. The lowest BCUT2D eigenvalue weighted by Crippen LogP contribution is -2.64. The molecular weight excluding hydrogens is 514 g/mol. The van der Waals surface area contributed by atoms with Gasteiger partial charge in [-0.25, -0.2) is 4.98 Å². The van der Waals surface area contributed by atoms with Gasteiger partial charge in [-0.05, 0) is 37.1 Å². The van der Waals surface area contributed by atoms with Gasteiger partial charge in [-0.3, -0.25) is 5.10 Å². The van der Waals surface area contributed by atoms with Crippen molar-refractivity contribution in [2.24, 2.45) is 5.92 Å². The Morgan fingerprint density at radius 2 is 2.05 bits per heavy atom. The molecule has 3 atom stereocenters. The first-order valence-corrected chi connectivity index (χ1v) is 14.7. The molecule has 3 aliphatic heterocycles. The van der Waals surface area contributed by atoms with Gasteiger partial charge in [0.05, 0.1) is 29.7 Å². The molecule has 1 unspecified atom stereocenters. The summed E-state index contributed by atoms with van der Waals surface area (Å²) in [6, 6.07) is 5.81. The highest BCUT2D eigenvalue weighted by Crippen LogP contribution is 2.40. The van der Waals surface area contributed by atoms with Crippen molar-refractivity contribution in [1.82, 2.24) is 28.8 Å². The molecule has 0 aliphatic carbocycles. The second-order valence-corrected chi connectivity index (χ2v) is 12.8. The zero-order valence-electron chi connectivity index (χ0n) is 20.4. The number of nitrogens with one attached hydrogen (secondary N) is 2. The van der Waals surface area contributed by atoms with Crippen LogP contribution in [0.4, 0.5) is 17.6 Å². The van der Waals surface area contributed by atoms with E-state index in [9.17, 15) is 13.5 Å². The van der Waals surface area contributed by atoms with Crippen molar-refractivity contribution < 1.29 is 13.5 Å². The first kappa shape index (κ1) is 24.5. The number of anilines is 3. The number of thiophene rings is 1. The van der Waals surface area contributed by atoms with Crippen molar-refractivity contribution in [3.63, 3.8) is 0 Å². The fourth-order valence-corrected chi connectivity index (χ4v) is 8.63. The fraction of sp³-hybridized carbons (Fsp3) is 0.565. The van der Waals surface area contributed by atoms with Crippen molar-refractivity contribution >= 4 is 49.3 Å². The van der Waals surface area contributed by atoms with Crippen LogP contribution in [0.25, 0.3) is 10.2 Å². The maximum atomic E-state index is 13.4. The van der Waals surface area contributed by atoms with E-state index in [1.807, 2.05) is 18.5 Å². The average molecular weight is 544 g/mol. The van der Waals surface area contributed by atoms with E-state index < -0.39 is 10.2 Å². The molecule has 0 spiro atoms. The van der Waals surface area contributed by atoms with Crippen LogP contribution < -0.4 is 10.2 Å². The van der Waals surface area contributed by atoms with Crippen molar-refractivity contribution in [1.29, 1.82) is 5.26 Å². The van der Waals surface area contributed by atoms with Crippen LogP contribution in [0.5, 0.6) is 0 Å². The number of hydrogen-bond acceptors (Lipinski definition) is 10. The van der Waals surface area contributed by atoms with Crippen molar-refractivity contribution in [2.45, 2.75) is 56.8 Å². The second kappa shape index (κ2) is 9.48. The minimum atomic E-state index is -3.57. The molecular formula is C23H29N9O3S2. The Labute approximate surface area is 219 Å². The molecule has 2 bridgehead atoms. The smallest absolute Gasteiger partial charge is 0.282 e. The molecule has 6 heterocycles. The molecule has 6 rings (SSSR count). The monoisotopic (exact) mass is 543 g/mol. The number of aliphatic hydroxyl groups excluding tert-OH is 1. The molecule has 0 amide bonds. The lowest BCUT2D eigenvalue weighted by Gasteiger charge is -2.51. The van der Waals surface area contributed by atoms with E-state index in [1.165, 1.54) is 15.6 Å². The maximum Gasteiger partial charge on any atom is 0.282 e. The molecule has 0 saturated carbocycles. The van der Waals surface area contributed by atoms with E-state index >= 15 is 0 Å². The van der Waals surface area contributed by atoms with Crippen molar-refractivity contribution in [3.05, 3.63) is 23.2 Å². The SMILES string of the molecule is CN(c1nc(Nc2cc(CO)[nH]n2)c2ccsc2n1)C1C[C@H]2CCC[C@@H](C1)N2S(=O)(=O)N1CC(C#N)C1. The van der Waals surface area contributed by atoms with E-state index in [-0.39, 0.29) is 30.7 Å². The van der Waals surface area contributed by atoms with Crippen molar-refractivity contribution in [3.8, 4) is 6.07 Å². The van der Waals surface area contributed by atoms with Gasteiger partial charge in [-0.2, -0.15) is 32.4 Å². The van der Waals surface area contributed by atoms with Gasteiger partial charge in [0.1, 0.15) is 10.6 Å². The van der Waals surface area contributed by atoms with Gasteiger partial charge in [-0.15, -0.1) is 11.3 Å². The highest BCUT2D eigenvalue weighted by molar-refractivity contribution is 7.86. The highest BCUT2D eigenvalue weighted by atomic mass is 32.2. The van der Waals surface area contributed by atoms with E-state index in [0.29, 0.717) is 49.2 Å². The predicted molar refractivity (Wildman–Crippen MR) is 139 cm³/mol. The van der Waals surface area contributed by atoms with Crippen LogP contribution in [0.2, 0.25) is 0 Å². The third kappa shape index (κ3) is 4.34. The van der Waals surface area contributed by atoms with E-state index in [2.05, 4.69) is 26.5 Å². The number of fused-ring (bicyclic) bond motifs is 3. The summed E-state index contributed by atoms with van der Waals surface area (Å²) in [5.74, 6) is 1.56. The standard InChI is InChI=1S/C23H29N9O3S2/c1-30(23-26-21(19-5-6-36-22(19)27-23)25-20-7-15(13-33)28-29-20)18-8-16-3-2-4-17(9-18)32(16)37(34,35)31-11-14(10-24)12-31/h5-7,14,16-18,33H,2-4,8-9,11-13H2,1H3,(H2,25,26,27,28,29)/t16-,17+,18?. The molecule has 37 heavy (non-hydrogen) atoms. The van der Waals surface area contributed by atoms with Crippen LogP contribution in [-0.4, -0.2) is 80.6 Å². The number of aromatic amines is 1. The Balaban J connectivity index is 1.24. The molecule has 12 nitrogen and oxygen atoms in total. The second-order valence-electron chi connectivity index (χ2n) is 10.0. The molecule has 3 N–H and O–H groups in total. The molecule has 0 aromatic carbocycles. The van der Waals surface area contributed by atoms with Gasteiger partial charge in [0.2, 0.25) is 5.95 Å². The molecule has 14 heteroatoms. The summed E-state index contributed by atoms with van der Waals surface area (Å²) < 4.78 is 30.0. The van der Waals surface area contributed by atoms with Gasteiger partial charge in [0.15, 0.2) is 5.82 Å². The molecule has 3 aromatic heterocycles. The Hall–Kier alpha value is -2.83. The van der Waals surface area contributed by atoms with E-state index in [4.69, 9.17) is 15.2 Å². The Morgan fingerprint density at radius 1 is 1.30 bits per heavy atom. The van der Waals surface area contributed by atoms with Gasteiger partial charge < -0.3 is 15.3 Å². The highest BCUT2D eigenvalue weighted by Gasteiger charge is 2.50. The molecule has 196 valence electrons.